The summed E-state index contributed by atoms with van der Waals surface area (Å²) in [5.41, 5.74) is 0. The number of nitrogens with one attached hydrogen (secondary N) is 1. The third-order valence-corrected chi connectivity index (χ3v) is 1.78. The molecule has 2 nitrogen and oxygen atoms in total. The topological polar surface area (TPSA) is 21.3 Å². The number of rotatable bonds is 7. The molecule has 0 radical (unpaired) electrons. The lowest BCUT2D eigenvalue weighted by molar-refractivity contribution is 0.0598. The van der Waals surface area contributed by atoms with Crippen molar-refractivity contribution in [3.05, 3.63) is 0 Å². The summed E-state index contributed by atoms with van der Waals surface area (Å²) in [4.78, 5) is 0. The first kappa shape index (κ1) is 11.9. The van der Waals surface area contributed by atoms with Crippen molar-refractivity contribution in [1.29, 1.82) is 0 Å². The lowest BCUT2D eigenvalue weighted by Crippen LogP contribution is -2.31. The van der Waals surface area contributed by atoms with Gasteiger partial charge in [-0.15, -0.1) is 0 Å². The Morgan fingerprint density at radius 2 is 1.83 bits per heavy atom. The largest absolute Gasteiger partial charge is 0.377 e. The standard InChI is InChI=1S/C10H23NO/c1-5-10(12-6-2)8-11-7-9(3)4/h9-11H,5-8H2,1-4H3. The van der Waals surface area contributed by atoms with Gasteiger partial charge in [0.25, 0.3) is 0 Å². The van der Waals surface area contributed by atoms with E-state index in [0.717, 1.165) is 32.0 Å². The van der Waals surface area contributed by atoms with Crippen molar-refractivity contribution in [1.82, 2.24) is 5.32 Å². The zero-order chi connectivity index (χ0) is 9.40. The normalized spacial score (nSPS) is 13.8. The third kappa shape index (κ3) is 6.62. The summed E-state index contributed by atoms with van der Waals surface area (Å²) < 4.78 is 5.51. The highest BCUT2D eigenvalue weighted by Crippen LogP contribution is 1.96. The molecule has 0 aromatic heterocycles. The molecule has 0 aromatic carbocycles. The Bertz CT molecular complexity index is 93.8. The molecular formula is C10H23NO. The first-order chi connectivity index (χ1) is 5.70. The summed E-state index contributed by atoms with van der Waals surface area (Å²) >= 11 is 0. The smallest absolute Gasteiger partial charge is 0.0696 e. The highest BCUT2D eigenvalue weighted by atomic mass is 16.5. The van der Waals surface area contributed by atoms with Gasteiger partial charge in [-0.25, -0.2) is 0 Å². The van der Waals surface area contributed by atoms with Gasteiger partial charge in [0.1, 0.15) is 0 Å². The van der Waals surface area contributed by atoms with Gasteiger partial charge in [-0.05, 0) is 25.8 Å². The first-order valence-electron chi connectivity index (χ1n) is 5.03. The molecular weight excluding hydrogens is 150 g/mol. The van der Waals surface area contributed by atoms with Crippen LogP contribution in [-0.2, 0) is 4.74 Å². The lowest BCUT2D eigenvalue weighted by Gasteiger charge is -2.16. The van der Waals surface area contributed by atoms with Crippen molar-refractivity contribution < 1.29 is 4.74 Å². The molecule has 0 heterocycles. The molecule has 0 aromatic rings. The van der Waals surface area contributed by atoms with E-state index in [4.69, 9.17) is 4.74 Å². The van der Waals surface area contributed by atoms with Crippen molar-refractivity contribution >= 4 is 0 Å². The highest BCUT2D eigenvalue weighted by Gasteiger charge is 2.04. The fraction of sp³-hybridized carbons (Fsp3) is 1.00. The van der Waals surface area contributed by atoms with Crippen molar-refractivity contribution in [2.24, 2.45) is 5.92 Å². The molecule has 1 N–H and O–H groups in total. The van der Waals surface area contributed by atoms with E-state index >= 15 is 0 Å². The highest BCUT2D eigenvalue weighted by molar-refractivity contribution is 4.60. The van der Waals surface area contributed by atoms with Crippen LogP contribution >= 0.6 is 0 Å². The van der Waals surface area contributed by atoms with Crippen LogP contribution in [-0.4, -0.2) is 25.8 Å². The second kappa shape index (κ2) is 7.56. The van der Waals surface area contributed by atoms with Gasteiger partial charge in [0.05, 0.1) is 6.10 Å². The van der Waals surface area contributed by atoms with Crippen LogP contribution in [0, 0.1) is 5.92 Å². The minimum absolute atomic E-state index is 0.397. The molecule has 74 valence electrons. The van der Waals surface area contributed by atoms with Crippen LogP contribution in [0.1, 0.15) is 34.1 Å². The predicted octanol–water partition coefficient (Wildman–Crippen LogP) is 2.05. The van der Waals surface area contributed by atoms with Gasteiger partial charge in [0.2, 0.25) is 0 Å². The fourth-order valence-electron chi connectivity index (χ4n) is 1.09. The summed E-state index contributed by atoms with van der Waals surface area (Å²) in [6, 6.07) is 0. The van der Waals surface area contributed by atoms with E-state index in [2.05, 4.69) is 26.1 Å². The quantitative estimate of drug-likeness (QED) is 0.636. The average Bonchev–Trinajstić information content (AvgIpc) is 2.02. The van der Waals surface area contributed by atoms with Gasteiger partial charge < -0.3 is 10.1 Å². The van der Waals surface area contributed by atoms with Crippen LogP contribution in [0.2, 0.25) is 0 Å². The zero-order valence-corrected chi connectivity index (χ0v) is 8.89. The van der Waals surface area contributed by atoms with Gasteiger partial charge >= 0.3 is 0 Å². The van der Waals surface area contributed by atoms with Crippen LogP contribution in [0.3, 0.4) is 0 Å². The Labute approximate surface area is 76.7 Å². The van der Waals surface area contributed by atoms with E-state index in [-0.39, 0.29) is 0 Å². The average molecular weight is 173 g/mol. The third-order valence-electron chi connectivity index (χ3n) is 1.78. The van der Waals surface area contributed by atoms with E-state index in [9.17, 15) is 0 Å². The van der Waals surface area contributed by atoms with Gasteiger partial charge in [-0.3, -0.25) is 0 Å². The van der Waals surface area contributed by atoms with E-state index in [1.807, 2.05) is 6.92 Å². The molecule has 0 bridgehead atoms. The van der Waals surface area contributed by atoms with E-state index in [0.29, 0.717) is 6.10 Å². The molecule has 1 unspecified atom stereocenters. The summed E-state index contributed by atoms with van der Waals surface area (Å²) in [6.07, 6.45) is 1.49. The van der Waals surface area contributed by atoms with Gasteiger partial charge in [-0.2, -0.15) is 0 Å². The summed E-state index contributed by atoms with van der Waals surface area (Å²) in [5.74, 6) is 0.726. The molecule has 2 heteroatoms. The van der Waals surface area contributed by atoms with Crippen molar-refractivity contribution in [2.45, 2.75) is 40.2 Å². The molecule has 0 saturated heterocycles. The lowest BCUT2D eigenvalue weighted by atomic mass is 10.2. The minimum Gasteiger partial charge on any atom is -0.377 e. The second-order valence-electron chi connectivity index (χ2n) is 3.54. The SMILES string of the molecule is CCOC(CC)CNCC(C)C. The van der Waals surface area contributed by atoms with Crippen LogP contribution in [0.25, 0.3) is 0 Å². The molecule has 0 aliphatic heterocycles. The predicted molar refractivity (Wildman–Crippen MR) is 53.4 cm³/mol. The van der Waals surface area contributed by atoms with Crippen LogP contribution in [0.4, 0.5) is 0 Å². The van der Waals surface area contributed by atoms with Crippen molar-refractivity contribution in [3.8, 4) is 0 Å². The van der Waals surface area contributed by atoms with Crippen molar-refractivity contribution in [2.75, 3.05) is 19.7 Å². The summed E-state index contributed by atoms with van der Waals surface area (Å²) in [7, 11) is 0. The Morgan fingerprint density at radius 3 is 2.25 bits per heavy atom. The van der Waals surface area contributed by atoms with E-state index in [1.54, 1.807) is 0 Å². The summed E-state index contributed by atoms with van der Waals surface area (Å²) in [5, 5.41) is 3.40. The number of hydrogen-bond acceptors (Lipinski definition) is 2. The molecule has 0 spiro atoms. The maximum atomic E-state index is 5.51. The Morgan fingerprint density at radius 1 is 1.17 bits per heavy atom. The Balaban J connectivity index is 3.31. The van der Waals surface area contributed by atoms with Crippen LogP contribution in [0.15, 0.2) is 0 Å². The van der Waals surface area contributed by atoms with Crippen molar-refractivity contribution in [3.63, 3.8) is 0 Å². The number of ether oxygens (including phenoxy) is 1. The molecule has 1 atom stereocenters. The first-order valence-corrected chi connectivity index (χ1v) is 5.03. The second-order valence-corrected chi connectivity index (χ2v) is 3.54. The number of hydrogen-bond donors (Lipinski definition) is 1. The molecule has 0 rings (SSSR count). The molecule has 0 amide bonds. The van der Waals surface area contributed by atoms with E-state index < -0.39 is 0 Å². The molecule has 0 fully saturated rings. The molecule has 0 saturated carbocycles. The van der Waals surface area contributed by atoms with Gasteiger partial charge in [0.15, 0.2) is 0 Å². The minimum atomic E-state index is 0.397. The maximum absolute atomic E-state index is 5.51. The Kier molecular flexibility index (Phi) is 7.51. The van der Waals surface area contributed by atoms with Crippen LogP contribution < -0.4 is 5.32 Å². The van der Waals surface area contributed by atoms with Gasteiger partial charge in [0, 0.05) is 13.2 Å². The van der Waals surface area contributed by atoms with Gasteiger partial charge in [-0.1, -0.05) is 20.8 Å². The van der Waals surface area contributed by atoms with E-state index in [1.165, 1.54) is 0 Å². The maximum Gasteiger partial charge on any atom is 0.0696 e. The summed E-state index contributed by atoms with van der Waals surface area (Å²) in [6.45, 7) is 11.5. The molecule has 0 aliphatic carbocycles. The molecule has 12 heavy (non-hydrogen) atoms. The monoisotopic (exact) mass is 173 g/mol. The van der Waals surface area contributed by atoms with Crippen LogP contribution in [0.5, 0.6) is 0 Å². The Hall–Kier alpha value is -0.0800. The molecule has 0 aliphatic rings. The fourth-order valence-corrected chi connectivity index (χ4v) is 1.09. The zero-order valence-electron chi connectivity index (χ0n) is 8.89.